The molecule has 2 aliphatic rings. The van der Waals surface area contributed by atoms with Gasteiger partial charge in [0.2, 0.25) is 0 Å². The highest BCUT2D eigenvalue weighted by atomic mass is 15.0. The molecule has 1 unspecified atom stereocenters. The van der Waals surface area contributed by atoms with Crippen LogP contribution >= 0.6 is 0 Å². The van der Waals surface area contributed by atoms with E-state index >= 15 is 0 Å². The van der Waals surface area contributed by atoms with Crippen LogP contribution in [0.5, 0.6) is 0 Å². The maximum atomic E-state index is 5.96. The maximum absolute atomic E-state index is 5.96. The first kappa shape index (κ1) is 12.0. The summed E-state index contributed by atoms with van der Waals surface area (Å²) in [5.41, 5.74) is 15.6. The van der Waals surface area contributed by atoms with E-state index in [1.165, 1.54) is 43.2 Å². The lowest BCUT2D eigenvalue weighted by Crippen LogP contribution is -2.38. The van der Waals surface area contributed by atoms with Crippen LogP contribution in [0.4, 0.5) is 5.69 Å². The van der Waals surface area contributed by atoms with Crippen LogP contribution in [0.15, 0.2) is 18.2 Å². The second kappa shape index (κ2) is 4.90. The Hall–Kier alpha value is -1.06. The van der Waals surface area contributed by atoms with Crippen LogP contribution in [0.25, 0.3) is 0 Å². The Labute approximate surface area is 109 Å². The summed E-state index contributed by atoms with van der Waals surface area (Å²) in [6.45, 7) is 0. The summed E-state index contributed by atoms with van der Waals surface area (Å²) in [7, 11) is 0. The lowest BCUT2D eigenvalue weighted by Gasteiger charge is -2.29. The monoisotopic (exact) mass is 245 g/mol. The summed E-state index contributed by atoms with van der Waals surface area (Å²) >= 11 is 0. The number of anilines is 1. The third kappa shape index (κ3) is 2.38. The minimum Gasteiger partial charge on any atom is -0.399 e. The Morgan fingerprint density at radius 2 is 1.83 bits per heavy atom. The van der Waals surface area contributed by atoms with Gasteiger partial charge in [0.25, 0.3) is 0 Å². The minimum absolute atomic E-state index is 0.429. The third-order valence-electron chi connectivity index (χ3n) is 4.45. The number of aryl methyl sites for hydroxylation is 1. The summed E-state index contributed by atoms with van der Waals surface area (Å²) < 4.78 is 0. The van der Waals surface area contributed by atoms with E-state index in [0.29, 0.717) is 18.1 Å². The molecule has 0 amide bonds. The molecule has 0 spiro atoms. The van der Waals surface area contributed by atoms with Gasteiger partial charge in [0, 0.05) is 23.8 Å². The van der Waals surface area contributed by atoms with Gasteiger partial charge in [-0.15, -0.1) is 0 Å². The summed E-state index contributed by atoms with van der Waals surface area (Å²) in [5, 5.41) is 3.82. The molecule has 0 aliphatic heterocycles. The third-order valence-corrected chi connectivity index (χ3v) is 4.45. The molecule has 3 rings (SSSR count). The molecule has 0 saturated heterocycles. The quantitative estimate of drug-likeness (QED) is 0.699. The van der Waals surface area contributed by atoms with Crippen LogP contribution in [-0.4, -0.2) is 12.1 Å². The normalized spacial score (nSPS) is 31.3. The zero-order valence-electron chi connectivity index (χ0n) is 10.9. The molecule has 1 atom stereocenters. The predicted molar refractivity (Wildman–Crippen MR) is 75.3 cm³/mol. The molecule has 0 aromatic heterocycles. The van der Waals surface area contributed by atoms with Gasteiger partial charge in [-0.25, -0.2) is 0 Å². The van der Waals surface area contributed by atoms with Gasteiger partial charge >= 0.3 is 0 Å². The van der Waals surface area contributed by atoms with Gasteiger partial charge in [0.15, 0.2) is 0 Å². The molecule has 5 N–H and O–H groups in total. The molecule has 18 heavy (non-hydrogen) atoms. The largest absolute Gasteiger partial charge is 0.399 e. The first-order valence-corrected chi connectivity index (χ1v) is 7.12. The van der Waals surface area contributed by atoms with Crippen molar-refractivity contribution in [1.82, 2.24) is 5.32 Å². The van der Waals surface area contributed by atoms with Crippen LogP contribution < -0.4 is 16.8 Å². The summed E-state index contributed by atoms with van der Waals surface area (Å²) in [4.78, 5) is 0. The van der Waals surface area contributed by atoms with Gasteiger partial charge in [-0.2, -0.15) is 0 Å². The van der Waals surface area contributed by atoms with Gasteiger partial charge < -0.3 is 16.8 Å². The molecular formula is C15H23N3. The smallest absolute Gasteiger partial charge is 0.0328 e. The lowest BCUT2D eigenvalue weighted by atomic mass is 9.91. The number of hydrogen-bond acceptors (Lipinski definition) is 3. The molecule has 0 bridgehead atoms. The molecule has 0 heterocycles. The van der Waals surface area contributed by atoms with Crippen molar-refractivity contribution in [3.8, 4) is 0 Å². The fourth-order valence-electron chi connectivity index (χ4n) is 3.38. The van der Waals surface area contributed by atoms with E-state index in [4.69, 9.17) is 11.5 Å². The number of benzene rings is 1. The Balaban J connectivity index is 1.66. The number of fused-ring (bicyclic) bond motifs is 1. The van der Waals surface area contributed by atoms with Crippen LogP contribution in [0.1, 0.15) is 49.3 Å². The first-order chi connectivity index (χ1) is 8.72. The summed E-state index contributed by atoms with van der Waals surface area (Å²) in [6.07, 6.45) is 7.15. The van der Waals surface area contributed by atoms with Crippen LogP contribution in [0.3, 0.4) is 0 Å². The van der Waals surface area contributed by atoms with Gasteiger partial charge in [0.05, 0.1) is 0 Å². The first-order valence-electron chi connectivity index (χ1n) is 7.12. The predicted octanol–water partition coefficient (Wildman–Crippen LogP) is 2.12. The van der Waals surface area contributed by atoms with Gasteiger partial charge in [-0.3, -0.25) is 0 Å². The van der Waals surface area contributed by atoms with Crippen molar-refractivity contribution < 1.29 is 0 Å². The summed E-state index contributed by atoms with van der Waals surface area (Å²) in [6, 6.07) is 7.96. The number of nitrogens with one attached hydrogen (secondary N) is 1. The van der Waals surface area contributed by atoms with E-state index in [0.717, 1.165) is 12.1 Å². The highest BCUT2D eigenvalue weighted by Gasteiger charge is 2.26. The minimum atomic E-state index is 0.429. The van der Waals surface area contributed by atoms with Crippen molar-refractivity contribution in [3.05, 3.63) is 29.3 Å². The fraction of sp³-hybridized carbons (Fsp3) is 0.600. The molecule has 1 aromatic rings. The second-order valence-electron chi connectivity index (χ2n) is 5.83. The fourth-order valence-corrected chi connectivity index (χ4v) is 3.38. The number of nitrogens with two attached hydrogens (primary N) is 2. The second-order valence-corrected chi connectivity index (χ2v) is 5.83. The number of rotatable bonds is 2. The van der Waals surface area contributed by atoms with E-state index in [1.54, 1.807) is 0 Å². The average Bonchev–Trinajstić information content (AvgIpc) is 2.74. The Morgan fingerprint density at radius 3 is 2.61 bits per heavy atom. The molecule has 1 aromatic carbocycles. The van der Waals surface area contributed by atoms with Crippen molar-refractivity contribution in [2.75, 3.05) is 5.73 Å². The van der Waals surface area contributed by atoms with Crippen LogP contribution in [0.2, 0.25) is 0 Å². The topological polar surface area (TPSA) is 64.1 Å². The van der Waals surface area contributed by atoms with E-state index in [9.17, 15) is 0 Å². The van der Waals surface area contributed by atoms with E-state index in [2.05, 4.69) is 17.4 Å². The molecule has 98 valence electrons. The summed E-state index contributed by atoms with van der Waals surface area (Å²) in [5.74, 6) is 0. The molecule has 2 aliphatic carbocycles. The van der Waals surface area contributed by atoms with Crippen molar-refractivity contribution in [1.29, 1.82) is 0 Å². The van der Waals surface area contributed by atoms with Gasteiger partial charge in [-0.1, -0.05) is 6.07 Å². The van der Waals surface area contributed by atoms with Crippen molar-refractivity contribution in [2.45, 2.75) is 56.7 Å². The highest BCUT2D eigenvalue weighted by molar-refractivity contribution is 5.47. The SMILES string of the molecule is Nc1ccc2c(c1)CCC2NC1CCC(N)CC1. The Kier molecular flexibility index (Phi) is 3.27. The van der Waals surface area contributed by atoms with E-state index in [1.807, 2.05) is 6.07 Å². The van der Waals surface area contributed by atoms with Crippen molar-refractivity contribution >= 4 is 5.69 Å². The Bertz CT molecular complexity index is 422. The van der Waals surface area contributed by atoms with E-state index < -0.39 is 0 Å². The molecule has 0 radical (unpaired) electrons. The van der Waals surface area contributed by atoms with Crippen molar-refractivity contribution in [2.24, 2.45) is 5.73 Å². The molecule has 3 nitrogen and oxygen atoms in total. The lowest BCUT2D eigenvalue weighted by molar-refractivity contribution is 0.315. The zero-order chi connectivity index (χ0) is 12.5. The van der Waals surface area contributed by atoms with Crippen LogP contribution in [0, 0.1) is 0 Å². The number of nitrogen functional groups attached to an aromatic ring is 1. The maximum Gasteiger partial charge on any atom is 0.0328 e. The van der Waals surface area contributed by atoms with Crippen molar-refractivity contribution in [3.63, 3.8) is 0 Å². The van der Waals surface area contributed by atoms with Crippen LogP contribution in [-0.2, 0) is 6.42 Å². The average molecular weight is 245 g/mol. The zero-order valence-corrected chi connectivity index (χ0v) is 10.9. The molecular weight excluding hydrogens is 222 g/mol. The number of hydrogen-bond donors (Lipinski definition) is 3. The van der Waals surface area contributed by atoms with E-state index in [-0.39, 0.29) is 0 Å². The molecule has 1 saturated carbocycles. The molecule has 3 heteroatoms. The molecule has 1 fully saturated rings. The van der Waals surface area contributed by atoms with Gasteiger partial charge in [-0.05, 0) is 61.8 Å². The van der Waals surface area contributed by atoms with Gasteiger partial charge in [0.1, 0.15) is 0 Å². The Morgan fingerprint density at radius 1 is 1.06 bits per heavy atom. The standard InChI is InChI=1S/C15H23N3/c16-11-2-5-13(6-3-11)18-15-8-1-10-9-12(17)4-7-14(10)15/h4,7,9,11,13,15,18H,1-3,5-6,8,16-17H2. The highest BCUT2D eigenvalue weighted by Crippen LogP contribution is 2.33.